The van der Waals surface area contributed by atoms with Crippen LogP contribution < -0.4 is 4.74 Å². The third kappa shape index (κ3) is 2.60. The van der Waals surface area contributed by atoms with Gasteiger partial charge in [0, 0.05) is 13.1 Å². The molecule has 0 amide bonds. The molecule has 18 heavy (non-hydrogen) atoms. The van der Waals surface area contributed by atoms with Crippen LogP contribution in [-0.2, 0) is 13.7 Å². The molecule has 1 aromatic carbocycles. The highest BCUT2D eigenvalue weighted by atomic mass is 35.5. The fraction of sp³-hybridized carbons (Fsp3) is 0.250. The molecule has 0 fully saturated rings. The summed E-state index contributed by atoms with van der Waals surface area (Å²) in [5, 5.41) is 4.79. The predicted octanol–water partition coefficient (Wildman–Crippen LogP) is 3.75. The number of nitrogens with zero attached hydrogens (tertiary/aromatic N) is 2. The molecule has 2 aromatic rings. The van der Waals surface area contributed by atoms with Crippen LogP contribution in [0.1, 0.15) is 11.4 Å². The fourth-order valence-corrected chi connectivity index (χ4v) is 1.89. The standard InChI is InChI=1S/C12H11Cl2FN2O/c1-7-12(14)11(17(2)16-7)6-18-8-3-4-9(13)10(15)5-8/h3-5H,6H2,1-2H3. The second-order valence-electron chi connectivity index (χ2n) is 3.83. The molecule has 0 N–H and O–H groups in total. The lowest BCUT2D eigenvalue weighted by Crippen LogP contribution is -2.03. The first-order valence-corrected chi connectivity index (χ1v) is 6.00. The van der Waals surface area contributed by atoms with Crippen LogP contribution in [-0.4, -0.2) is 9.78 Å². The lowest BCUT2D eigenvalue weighted by Gasteiger charge is -2.07. The highest BCUT2D eigenvalue weighted by molar-refractivity contribution is 6.31. The van der Waals surface area contributed by atoms with Crippen molar-refractivity contribution in [1.82, 2.24) is 9.78 Å². The van der Waals surface area contributed by atoms with Gasteiger partial charge in [-0.3, -0.25) is 4.68 Å². The highest BCUT2D eigenvalue weighted by Gasteiger charge is 2.12. The summed E-state index contributed by atoms with van der Waals surface area (Å²) in [6.45, 7) is 2.03. The number of hydrogen-bond donors (Lipinski definition) is 0. The van der Waals surface area contributed by atoms with Crippen molar-refractivity contribution in [3.05, 3.63) is 45.4 Å². The van der Waals surface area contributed by atoms with Crippen LogP contribution in [0.5, 0.6) is 5.75 Å². The van der Waals surface area contributed by atoms with Gasteiger partial charge in [-0.15, -0.1) is 0 Å². The molecule has 1 heterocycles. The summed E-state index contributed by atoms with van der Waals surface area (Å²) in [4.78, 5) is 0. The number of hydrogen-bond acceptors (Lipinski definition) is 2. The van der Waals surface area contributed by atoms with E-state index < -0.39 is 5.82 Å². The molecular formula is C12H11Cl2FN2O. The van der Waals surface area contributed by atoms with E-state index in [4.69, 9.17) is 27.9 Å². The molecule has 0 bridgehead atoms. The number of halogens is 3. The van der Waals surface area contributed by atoms with E-state index in [1.54, 1.807) is 17.8 Å². The van der Waals surface area contributed by atoms with Crippen molar-refractivity contribution in [3.8, 4) is 5.75 Å². The largest absolute Gasteiger partial charge is 0.487 e. The first-order chi connectivity index (χ1) is 8.49. The molecule has 6 heteroatoms. The highest BCUT2D eigenvalue weighted by Crippen LogP contribution is 2.24. The van der Waals surface area contributed by atoms with Crippen LogP contribution in [0, 0.1) is 12.7 Å². The summed E-state index contributed by atoms with van der Waals surface area (Å²) in [7, 11) is 1.78. The topological polar surface area (TPSA) is 27.1 Å². The van der Waals surface area contributed by atoms with Gasteiger partial charge >= 0.3 is 0 Å². The fourth-order valence-electron chi connectivity index (χ4n) is 1.56. The van der Waals surface area contributed by atoms with Crippen molar-refractivity contribution in [1.29, 1.82) is 0 Å². The van der Waals surface area contributed by atoms with Crippen molar-refractivity contribution in [2.24, 2.45) is 7.05 Å². The number of rotatable bonds is 3. The zero-order chi connectivity index (χ0) is 13.3. The van der Waals surface area contributed by atoms with Crippen molar-refractivity contribution < 1.29 is 9.13 Å². The molecule has 0 aliphatic rings. The normalized spacial score (nSPS) is 10.7. The number of aromatic nitrogens is 2. The first kappa shape index (κ1) is 13.2. The van der Waals surface area contributed by atoms with Crippen LogP contribution >= 0.6 is 23.2 Å². The Morgan fingerprint density at radius 3 is 2.67 bits per heavy atom. The maximum absolute atomic E-state index is 13.2. The van der Waals surface area contributed by atoms with Crippen LogP contribution in [0.25, 0.3) is 0 Å². The van der Waals surface area contributed by atoms with Gasteiger partial charge in [-0.2, -0.15) is 5.10 Å². The summed E-state index contributed by atoms with van der Waals surface area (Å²) < 4.78 is 20.3. The van der Waals surface area contributed by atoms with Crippen molar-refractivity contribution >= 4 is 23.2 Å². The average Bonchev–Trinajstić information content (AvgIpc) is 2.56. The number of ether oxygens (including phenoxy) is 1. The zero-order valence-electron chi connectivity index (χ0n) is 9.88. The Morgan fingerprint density at radius 1 is 1.39 bits per heavy atom. The molecule has 0 aliphatic heterocycles. The van der Waals surface area contributed by atoms with Crippen molar-refractivity contribution in [3.63, 3.8) is 0 Å². The molecule has 3 nitrogen and oxygen atoms in total. The van der Waals surface area contributed by atoms with Gasteiger partial charge in [-0.1, -0.05) is 23.2 Å². The minimum atomic E-state index is -0.513. The summed E-state index contributed by atoms with van der Waals surface area (Å²) in [6, 6.07) is 4.28. The van der Waals surface area contributed by atoms with E-state index in [-0.39, 0.29) is 11.6 Å². The molecule has 0 atom stereocenters. The van der Waals surface area contributed by atoms with Gasteiger partial charge in [-0.05, 0) is 19.1 Å². The lowest BCUT2D eigenvalue weighted by atomic mass is 10.3. The van der Waals surface area contributed by atoms with Crippen LogP contribution in [0.4, 0.5) is 4.39 Å². The minimum absolute atomic E-state index is 0.0664. The molecule has 0 saturated heterocycles. The Balaban J connectivity index is 2.14. The quantitative estimate of drug-likeness (QED) is 0.860. The summed E-state index contributed by atoms with van der Waals surface area (Å²) in [6.07, 6.45) is 0. The molecule has 1 aromatic heterocycles. The SMILES string of the molecule is Cc1nn(C)c(COc2ccc(Cl)c(F)c2)c1Cl. The average molecular weight is 289 g/mol. The van der Waals surface area contributed by atoms with E-state index in [2.05, 4.69) is 5.10 Å². The van der Waals surface area contributed by atoms with Gasteiger partial charge in [0.05, 0.1) is 21.4 Å². The second kappa shape index (κ2) is 5.16. The van der Waals surface area contributed by atoms with E-state index in [0.29, 0.717) is 10.8 Å². The summed E-state index contributed by atoms with van der Waals surface area (Å²) >= 11 is 11.7. The molecular weight excluding hydrogens is 278 g/mol. The maximum atomic E-state index is 13.2. The smallest absolute Gasteiger partial charge is 0.145 e. The third-order valence-corrected chi connectivity index (χ3v) is 3.33. The van der Waals surface area contributed by atoms with Crippen LogP contribution in [0.15, 0.2) is 18.2 Å². The summed E-state index contributed by atoms with van der Waals surface area (Å²) in [5.41, 5.74) is 1.48. The van der Waals surface area contributed by atoms with Crippen LogP contribution in [0.2, 0.25) is 10.0 Å². The summed E-state index contributed by atoms with van der Waals surface area (Å²) in [5.74, 6) is -0.117. The van der Waals surface area contributed by atoms with Gasteiger partial charge in [-0.25, -0.2) is 4.39 Å². The Bertz CT molecular complexity index is 584. The van der Waals surface area contributed by atoms with E-state index in [0.717, 1.165) is 11.4 Å². The first-order valence-electron chi connectivity index (χ1n) is 5.25. The van der Waals surface area contributed by atoms with E-state index in [9.17, 15) is 4.39 Å². The van der Waals surface area contributed by atoms with Crippen LogP contribution in [0.3, 0.4) is 0 Å². The Labute approximate surface area is 114 Å². The Kier molecular flexibility index (Phi) is 3.78. The minimum Gasteiger partial charge on any atom is -0.487 e. The number of benzene rings is 1. The Hall–Kier alpha value is -1.26. The third-order valence-electron chi connectivity index (χ3n) is 2.53. The molecule has 0 saturated carbocycles. The number of aryl methyl sites for hydroxylation is 2. The van der Waals surface area contributed by atoms with E-state index >= 15 is 0 Å². The van der Waals surface area contributed by atoms with Gasteiger partial charge < -0.3 is 4.74 Å². The van der Waals surface area contributed by atoms with Crippen molar-refractivity contribution in [2.45, 2.75) is 13.5 Å². The van der Waals surface area contributed by atoms with Gasteiger partial charge in [0.15, 0.2) is 0 Å². The van der Waals surface area contributed by atoms with Crippen molar-refractivity contribution in [2.75, 3.05) is 0 Å². The molecule has 0 spiro atoms. The molecule has 2 rings (SSSR count). The van der Waals surface area contributed by atoms with E-state index in [1.807, 2.05) is 6.92 Å². The van der Waals surface area contributed by atoms with E-state index in [1.165, 1.54) is 12.1 Å². The van der Waals surface area contributed by atoms with Gasteiger partial charge in [0.25, 0.3) is 0 Å². The molecule has 0 aliphatic carbocycles. The Morgan fingerprint density at radius 2 is 2.11 bits per heavy atom. The molecule has 96 valence electrons. The molecule has 0 radical (unpaired) electrons. The lowest BCUT2D eigenvalue weighted by molar-refractivity contribution is 0.293. The molecule has 0 unspecified atom stereocenters. The van der Waals surface area contributed by atoms with Gasteiger partial charge in [0.1, 0.15) is 18.2 Å². The van der Waals surface area contributed by atoms with Gasteiger partial charge in [0.2, 0.25) is 0 Å². The monoisotopic (exact) mass is 288 g/mol. The maximum Gasteiger partial charge on any atom is 0.145 e. The predicted molar refractivity (Wildman–Crippen MR) is 68.7 cm³/mol. The zero-order valence-corrected chi connectivity index (χ0v) is 11.4. The second-order valence-corrected chi connectivity index (χ2v) is 4.62.